The van der Waals surface area contributed by atoms with Crippen molar-refractivity contribution in [2.75, 3.05) is 6.61 Å². The number of hydrogen-bond acceptors (Lipinski definition) is 2. The predicted octanol–water partition coefficient (Wildman–Crippen LogP) is 5.73. The van der Waals surface area contributed by atoms with E-state index in [1.807, 2.05) is 25.1 Å². The van der Waals surface area contributed by atoms with Crippen molar-refractivity contribution in [1.29, 1.82) is 0 Å². The molecule has 0 aliphatic rings. The van der Waals surface area contributed by atoms with E-state index in [1.54, 1.807) is 0 Å². The Morgan fingerprint density at radius 1 is 0.931 bits per heavy atom. The third kappa shape index (κ3) is 6.43. The fourth-order valence-electron chi connectivity index (χ4n) is 4.19. The lowest BCUT2D eigenvalue weighted by molar-refractivity contribution is -0.143. The highest BCUT2D eigenvalue weighted by Gasteiger charge is 2.44. The van der Waals surface area contributed by atoms with Gasteiger partial charge in [0.05, 0.1) is 12.1 Å². The van der Waals surface area contributed by atoms with Crippen LogP contribution in [-0.4, -0.2) is 20.7 Å². The molecule has 0 bridgehead atoms. The number of benzene rings is 2. The summed E-state index contributed by atoms with van der Waals surface area (Å²) in [5.74, 6) is -0.0268. The Morgan fingerprint density at radius 2 is 1.45 bits per heavy atom. The van der Waals surface area contributed by atoms with Crippen LogP contribution in [0.5, 0.6) is 0 Å². The summed E-state index contributed by atoms with van der Waals surface area (Å²) in [7, 11) is -2.30. The molecule has 0 heterocycles. The van der Waals surface area contributed by atoms with Gasteiger partial charge in [-0.05, 0) is 26.2 Å². The average Bonchev–Trinajstić information content (AvgIpc) is 2.76. The molecule has 2 aromatic carbocycles. The molecule has 2 rings (SSSR count). The van der Waals surface area contributed by atoms with Gasteiger partial charge in [-0.2, -0.15) is 0 Å². The largest absolute Gasteiger partial charge is 0.466 e. The van der Waals surface area contributed by atoms with Crippen molar-refractivity contribution >= 4 is 24.4 Å². The maximum atomic E-state index is 13.1. The number of hydrogen-bond donors (Lipinski definition) is 0. The molecule has 0 saturated carbocycles. The van der Waals surface area contributed by atoms with Crippen molar-refractivity contribution in [2.45, 2.75) is 64.0 Å². The first-order valence-electron chi connectivity index (χ1n) is 11.0. The molecule has 0 radical (unpaired) electrons. The lowest BCUT2D eigenvalue weighted by atomic mass is 10.1. The van der Waals surface area contributed by atoms with Gasteiger partial charge in [0.25, 0.3) is 0 Å². The molecule has 0 saturated heterocycles. The second-order valence-corrected chi connectivity index (χ2v) is 12.1. The van der Waals surface area contributed by atoms with Crippen molar-refractivity contribution < 1.29 is 9.53 Å². The summed E-state index contributed by atoms with van der Waals surface area (Å²) in [5.41, 5.74) is -0.0691. The molecule has 0 aromatic heterocycles. The Bertz CT molecular complexity index is 687. The smallest absolute Gasteiger partial charge is 0.306 e. The van der Waals surface area contributed by atoms with Gasteiger partial charge < -0.3 is 4.74 Å². The molecule has 1 atom stereocenters. The third-order valence-electron chi connectivity index (χ3n) is 5.92. The van der Waals surface area contributed by atoms with E-state index in [2.05, 4.69) is 61.7 Å². The number of esters is 1. The molecule has 0 amide bonds. The van der Waals surface area contributed by atoms with Gasteiger partial charge in [0, 0.05) is 0 Å². The van der Waals surface area contributed by atoms with Gasteiger partial charge in [-0.15, -0.1) is 6.58 Å². The molecule has 156 valence electrons. The minimum absolute atomic E-state index is 0.0268. The molecule has 2 aromatic rings. The van der Waals surface area contributed by atoms with Crippen LogP contribution in [0.1, 0.15) is 51.9 Å². The lowest BCUT2D eigenvalue weighted by Gasteiger charge is -2.35. The summed E-state index contributed by atoms with van der Waals surface area (Å²) in [4.78, 5) is 13.1. The van der Waals surface area contributed by atoms with Crippen LogP contribution in [0, 0.1) is 0 Å². The van der Waals surface area contributed by atoms with Crippen LogP contribution in [0.3, 0.4) is 0 Å². The quantitative estimate of drug-likeness (QED) is 0.183. The molecule has 3 heteroatoms. The summed E-state index contributed by atoms with van der Waals surface area (Å²) >= 11 is 0. The average molecular weight is 409 g/mol. The molecule has 0 N–H and O–H groups in total. The zero-order valence-corrected chi connectivity index (χ0v) is 19.1. The zero-order chi connectivity index (χ0) is 21.0. The predicted molar refractivity (Wildman–Crippen MR) is 127 cm³/mol. The van der Waals surface area contributed by atoms with E-state index in [-0.39, 0.29) is 11.5 Å². The van der Waals surface area contributed by atoms with Gasteiger partial charge in [0.2, 0.25) is 0 Å². The second kappa shape index (κ2) is 12.4. The van der Waals surface area contributed by atoms with Crippen LogP contribution in [0.15, 0.2) is 73.3 Å². The van der Waals surface area contributed by atoms with Crippen LogP contribution in [0.2, 0.25) is 12.1 Å². The van der Waals surface area contributed by atoms with Gasteiger partial charge in [0.15, 0.2) is 0 Å². The fourth-order valence-corrected chi connectivity index (χ4v) is 8.43. The number of rotatable bonds is 13. The Hall–Kier alpha value is -2.13. The monoisotopic (exact) mass is 408 g/mol. The molecule has 0 spiro atoms. The first kappa shape index (κ1) is 23.1. The Kier molecular flexibility index (Phi) is 9.92. The van der Waals surface area contributed by atoms with Gasteiger partial charge in [-0.1, -0.05) is 109 Å². The Morgan fingerprint density at radius 3 is 1.97 bits per heavy atom. The second-order valence-electron chi connectivity index (χ2n) is 7.87. The first-order chi connectivity index (χ1) is 14.1. The number of allylic oxidation sites excluding steroid dienone is 1. The van der Waals surface area contributed by atoms with E-state index in [0.717, 1.165) is 19.3 Å². The van der Waals surface area contributed by atoms with Gasteiger partial charge in [-0.25, -0.2) is 0 Å². The molecular formula is C26H36O2Si. The third-order valence-corrected chi connectivity index (χ3v) is 10.9. The first-order valence-corrected chi connectivity index (χ1v) is 13.6. The topological polar surface area (TPSA) is 26.3 Å². The normalized spacial score (nSPS) is 12.3. The molecule has 0 aliphatic heterocycles. The number of carbonyl (C=O) groups excluding carboxylic acids is 1. The summed E-state index contributed by atoms with van der Waals surface area (Å²) in [6.07, 6.45) is 9.89. The molecule has 29 heavy (non-hydrogen) atoms. The maximum Gasteiger partial charge on any atom is 0.306 e. The highest BCUT2D eigenvalue weighted by atomic mass is 28.3. The molecule has 1 unspecified atom stereocenters. The minimum Gasteiger partial charge on any atom is -0.466 e. The van der Waals surface area contributed by atoms with E-state index >= 15 is 0 Å². The molecule has 2 nitrogen and oxygen atoms in total. The summed E-state index contributed by atoms with van der Waals surface area (Å²) in [5, 5.41) is 2.60. The SMILES string of the molecule is C=CCCCCCCCC(C(=O)OCC)[Si](C)(c1ccccc1)c1ccccc1. The van der Waals surface area contributed by atoms with Crippen molar-refractivity contribution in [2.24, 2.45) is 0 Å². The maximum absolute atomic E-state index is 13.1. The number of unbranched alkanes of at least 4 members (excludes halogenated alkanes) is 5. The van der Waals surface area contributed by atoms with Crippen molar-refractivity contribution in [3.8, 4) is 0 Å². The van der Waals surface area contributed by atoms with Crippen molar-refractivity contribution in [3.63, 3.8) is 0 Å². The lowest BCUT2D eigenvalue weighted by Crippen LogP contribution is -2.61. The van der Waals surface area contributed by atoms with E-state index in [1.165, 1.54) is 36.1 Å². The molecular weight excluding hydrogens is 372 g/mol. The van der Waals surface area contributed by atoms with Gasteiger partial charge in [0.1, 0.15) is 8.07 Å². The standard InChI is InChI=1S/C26H36O2Si/c1-4-6-7-8-9-10-17-22-25(26(27)28-5-2)29(3,23-18-13-11-14-19-23)24-20-15-12-16-21-24/h4,11-16,18-21,25H,1,5-10,17,22H2,2-3H3. The van der Waals surface area contributed by atoms with Crippen molar-refractivity contribution in [3.05, 3.63) is 73.3 Å². The Labute approximate surface area is 178 Å². The Balaban J connectivity index is 2.25. The van der Waals surface area contributed by atoms with Crippen LogP contribution < -0.4 is 10.4 Å². The highest BCUT2D eigenvalue weighted by Crippen LogP contribution is 2.30. The van der Waals surface area contributed by atoms with E-state index in [4.69, 9.17) is 4.74 Å². The van der Waals surface area contributed by atoms with Crippen LogP contribution >= 0.6 is 0 Å². The van der Waals surface area contributed by atoms with Crippen LogP contribution in [0.4, 0.5) is 0 Å². The van der Waals surface area contributed by atoms with E-state index < -0.39 is 8.07 Å². The molecule has 0 fully saturated rings. The summed E-state index contributed by atoms with van der Waals surface area (Å²) in [6, 6.07) is 21.2. The van der Waals surface area contributed by atoms with Crippen LogP contribution in [0.25, 0.3) is 0 Å². The van der Waals surface area contributed by atoms with Gasteiger partial charge in [-0.3, -0.25) is 4.79 Å². The zero-order valence-electron chi connectivity index (χ0n) is 18.1. The van der Waals surface area contributed by atoms with Gasteiger partial charge >= 0.3 is 5.97 Å². The van der Waals surface area contributed by atoms with Crippen molar-refractivity contribution in [1.82, 2.24) is 0 Å². The summed E-state index contributed by atoms with van der Waals surface area (Å²) in [6.45, 7) is 8.47. The van der Waals surface area contributed by atoms with E-state index in [0.29, 0.717) is 6.61 Å². The van der Waals surface area contributed by atoms with Crippen LogP contribution in [-0.2, 0) is 9.53 Å². The number of ether oxygens (including phenoxy) is 1. The molecule has 0 aliphatic carbocycles. The highest BCUT2D eigenvalue weighted by molar-refractivity contribution is 7.04. The minimum atomic E-state index is -2.30. The number of carbonyl (C=O) groups is 1. The summed E-state index contributed by atoms with van der Waals surface area (Å²) < 4.78 is 5.59. The van der Waals surface area contributed by atoms with E-state index in [9.17, 15) is 4.79 Å². The fraction of sp³-hybridized carbons (Fsp3) is 0.423.